The first-order valence-electron chi connectivity index (χ1n) is 52.1. The molecule has 0 radical (unpaired) electrons. The van der Waals surface area contributed by atoms with Crippen molar-refractivity contribution in [1.82, 2.24) is 35.6 Å². The maximum absolute atomic E-state index is 12.1. The van der Waals surface area contributed by atoms with Crippen molar-refractivity contribution in [3.8, 4) is 0 Å². The normalized spacial score (nSPS) is 22.7. The van der Waals surface area contributed by atoms with Gasteiger partial charge < -0.3 is 30.2 Å². The molecule has 1 aromatic rings. The zero-order valence-corrected chi connectivity index (χ0v) is 93.6. The van der Waals surface area contributed by atoms with Crippen LogP contribution in [0.3, 0.4) is 0 Å². The number of nitrogens with zero attached hydrogens (tertiary/aromatic N) is 4. The van der Waals surface area contributed by atoms with Crippen molar-refractivity contribution in [2.75, 3.05) is 34.8 Å². The van der Waals surface area contributed by atoms with Crippen LogP contribution in [-0.2, 0) is 28.7 Å². The van der Waals surface area contributed by atoms with Gasteiger partial charge in [-0.3, -0.25) is 34.4 Å². The van der Waals surface area contributed by atoms with Crippen LogP contribution in [-0.4, -0.2) is 174 Å². The van der Waals surface area contributed by atoms with E-state index in [2.05, 4.69) is 353 Å². The molecule has 7 fully saturated rings. The summed E-state index contributed by atoms with van der Waals surface area (Å²) in [4.78, 5) is 48.3. The van der Waals surface area contributed by atoms with Crippen LogP contribution < -0.4 is 16.0 Å². The predicted octanol–water partition coefficient (Wildman–Crippen LogP) is 32.4. The van der Waals surface area contributed by atoms with Gasteiger partial charge in [-0.25, -0.2) is 9.68 Å². The maximum Gasteiger partial charge on any atom is 0.338 e. The molecule has 8 rings (SSSR count). The summed E-state index contributed by atoms with van der Waals surface area (Å²) in [5, 5.41) is 19.1. The molecule has 4 N–H and O–H groups in total. The summed E-state index contributed by atoms with van der Waals surface area (Å²) >= 11 is 0. The van der Waals surface area contributed by atoms with Crippen LogP contribution in [0.1, 0.15) is 541 Å². The molecule has 0 aliphatic carbocycles. The Morgan fingerprint density at radius 1 is 0.354 bits per heavy atom. The van der Waals surface area contributed by atoms with E-state index in [0.29, 0.717) is 73.8 Å². The maximum atomic E-state index is 12.1. The zero-order chi connectivity index (χ0) is 99.3. The lowest BCUT2D eigenvalue weighted by molar-refractivity contribution is -0.258. The highest BCUT2D eigenvalue weighted by atomic mass is 17.1. The number of nitrogens with one attached hydrogen (secondary N) is 3. The first-order chi connectivity index (χ1) is 57.9. The van der Waals surface area contributed by atoms with Gasteiger partial charge in [0.15, 0.2) is 0 Å². The zero-order valence-electron chi connectivity index (χ0n) is 93.6. The molecule has 15 heteroatoms. The van der Waals surface area contributed by atoms with Crippen molar-refractivity contribution in [3.05, 3.63) is 35.9 Å². The number of ether oxygens (including phenoxy) is 3. The summed E-state index contributed by atoms with van der Waals surface area (Å²) in [6, 6.07) is 9.19. The molecular formula is C115H237N7O8. The Morgan fingerprint density at radius 2 is 0.585 bits per heavy atom. The molecule has 130 heavy (non-hydrogen) atoms. The number of carbonyl (C=O) groups is 3. The van der Waals surface area contributed by atoms with E-state index in [1.54, 1.807) is 12.1 Å². The van der Waals surface area contributed by atoms with Gasteiger partial charge >= 0.3 is 11.9 Å². The minimum absolute atomic E-state index is 0. The Labute approximate surface area is 815 Å². The van der Waals surface area contributed by atoms with E-state index >= 15 is 0 Å². The van der Waals surface area contributed by atoms with E-state index < -0.39 is 0 Å². The molecule has 7 aliphatic heterocycles. The third-order valence-electron chi connectivity index (χ3n) is 28.0. The van der Waals surface area contributed by atoms with Crippen LogP contribution in [0.2, 0.25) is 0 Å². The fraction of sp³-hybridized carbons (Fsp3) is 0.922. The fourth-order valence-electron chi connectivity index (χ4n) is 22.9. The second kappa shape index (κ2) is 64.5. The molecule has 7 saturated heterocycles. The monoisotopic (exact) mass is 1840 g/mol. The smallest absolute Gasteiger partial charge is 0.338 e. The summed E-state index contributed by atoms with van der Waals surface area (Å²) in [6.45, 7) is 93.9. The van der Waals surface area contributed by atoms with Crippen LogP contribution in [0.15, 0.2) is 30.3 Å². The van der Waals surface area contributed by atoms with Gasteiger partial charge in [-0.1, -0.05) is 240 Å². The summed E-state index contributed by atoms with van der Waals surface area (Å²) in [7, 11) is 9.02. The van der Waals surface area contributed by atoms with Crippen LogP contribution in [0, 0.1) is 29.6 Å². The lowest BCUT2D eigenvalue weighted by Gasteiger charge is -2.53. The highest BCUT2D eigenvalue weighted by Gasteiger charge is 2.47. The number of unbranched alkanes of at least 4 members (excludes halogenated alkanes) is 14. The quantitative estimate of drug-likeness (QED) is 0.0183. The highest BCUT2D eigenvalue weighted by Crippen LogP contribution is 2.44. The third kappa shape index (κ3) is 60.2. The molecule has 1 unspecified atom stereocenters. The Hall–Kier alpha value is -2.73. The number of benzene rings is 1. The molecule has 15 nitrogen and oxygen atoms in total. The standard InChI is InChI=1S/C21H41NO2.C16H23NO2.4C11H23N.C10H21N.C10H20O4.2C4H10.C3H8.3CH4/c1-6-7-8-9-10-11-12-13-14-15-19(23)24-18-16-20(2,3)22-21(4,5)17-18;1-15(2)10-13(11-16(3,4)17-15)19-14(18)12-8-6-5-7-9-12;4*1-9-7-10(2,3)12(6)11(4,5)8-9;1-8-6-9(2,3)11-10(4,5)7-8;1-2-3-4-5-6-7-10(8-14-12)13-9-11;2*1-3-4-2;1-3-2;;;/h18,22H,6-17H2,1-5H3;5-9,13,17H,10-11H2,1-4H3;4*9H,7-8H2,1-6H3;8,11H,6-7H2,1-5H3;9-10,12H,2-8H2,1H3;2*3-4H2,1-2H3;3H2,1-2H3;3*1H4. The molecule has 1 aromatic carbocycles. The average Bonchev–Trinajstić information content (AvgIpc) is 0.788. The summed E-state index contributed by atoms with van der Waals surface area (Å²) < 4.78 is 16.1. The summed E-state index contributed by atoms with van der Waals surface area (Å²) in [5.41, 5.74) is 4.34. The lowest BCUT2D eigenvalue weighted by atomic mass is 9.75. The SMILES string of the molecule is C.C.C.CC1(C)CC(OC(=O)c2ccccc2)CC(C)(C)N1.CC1CC(C)(C)N(C)C(C)(C)C1.CC1CC(C)(C)N(C)C(C)(C)C1.CC1CC(C)(C)N(C)C(C)(C)C1.CC1CC(C)(C)N(C)C(C)(C)C1.CC1CC(C)(C)NC(C)(C)C1.CCC.CCCC.CCCC.CCCCCCCC(COO)OC=O.CCCCCCCCCCCC(=O)OC1CC(C)(C)NC(C)(C)C1. The fourth-order valence-corrected chi connectivity index (χ4v) is 22.9. The van der Waals surface area contributed by atoms with Gasteiger partial charge in [0, 0.05) is 110 Å². The van der Waals surface area contributed by atoms with E-state index in [0.717, 1.165) is 87.4 Å². The molecule has 1 atom stereocenters. The second-order valence-corrected chi connectivity index (χ2v) is 49.9. The van der Waals surface area contributed by atoms with Crippen molar-refractivity contribution in [1.29, 1.82) is 0 Å². The highest BCUT2D eigenvalue weighted by molar-refractivity contribution is 5.89. The Balaban J connectivity index is -0.000000335. The van der Waals surface area contributed by atoms with E-state index in [1.165, 1.54) is 161 Å². The third-order valence-corrected chi connectivity index (χ3v) is 28.0. The average molecular weight is 1850 g/mol. The molecule has 0 saturated carbocycles. The van der Waals surface area contributed by atoms with Gasteiger partial charge in [0.05, 0.1) is 5.56 Å². The van der Waals surface area contributed by atoms with E-state index in [1.807, 2.05) is 18.2 Å². The summed E-state index contributed by atoms with van der Waals surface area (Å²) in [5.74, 6) is 4.10. The van der Waals surface area contributed by atoms with Crippen molar-refractivity contribution < 1.29 is 38.7 Å². The van der Waals surface area contributed by atoms with Crippen LogP contribution in [0.25, 0.3) is 0 Å². The van der Waals surface area contributed by atoms with E-state index in [4.69, 9.17) is 19.5 Å². The topological polar surface area (TPSA) is 157 Å². The molecule has 7 heterocycles. The first-order valence-corrected chi connectivity index (χ1v) is 52.1. The Kier molecular flexibility index (Phi) is 68.5. The molecule has 780 valence electrons. The van der Waals surface area contributed by atoms with Gasteiger partial charge in [-0.2, -0.15) is 0 Å². The van der Waals surface area contributed by atoms with E-state index in [-0.39, 0.29) is 81.3 Å². The van der Waals surface area contributed by atoms with Crippen molar-refractivity contribution in [3.63, 3.8) is 0 Å². The molecule has 0 amide bonds. The van der Waals surface area contributed by atoms with Crippen LogP contribution in [0.4, 0.5) is 0 Å². The number of rotatable bonds is 25. The van der Waals surface area contributed by atoms with Crippen LogP contribution >= 0.6 is 0 Å². The minimum Gasteiger partial charge on any atom is -0.462 e. The van der Waals surface area contributed by atoms with E-state index in [9.17, 15) is 14.4 Å². The Morgan fingerprint density at radius 3 is 0.823 bits per heavy atom. The number of carbonyl (C=O) groups excluding carboxylic acids is 3. The van der Waals surface area contributed by atoms with Gasteiger partial charge in [0.25, 0.3) is 6.47 Å². The number of hydrogen-bond acceptors (Lipinski definition) is 15. The van der Waals surface area contributed by atoms with Crippen LogP contribution in [0.5, 0.6) is 0 Å². The number of likely N-dealkylation sites (tertiary alicyclic amines) is 4. The number of esters is 2. The predicted molar refractivity (Wildman–Crippen MR) is 576 cm³/mol. The van der Waals surface area contributed by atoms with Gasteiger partial charge in [0.2, 0.25) is 0 Å². The number of hydrogen-bond donors (Lipinski definition) is 4. The first kappa shape index (κ1) is 138. The molecule has 0 aromatic heterocycles. The van der Waals surface area contributed by atoms with Crippen molar-refractivity contribution in [2.45, 2.75) is 627 Å². The van der Waals surface area contributed by atoms with Gasteiger partial charge in [-0.05, 0) is 347 Å². The molecular weight excluding hydrogens is 1610 g/mol. The van der Waals surface area contributed by atoms with Gasteiger partial charge in [0.1, 0.15) is 24.9 Å². The summed E-state index contributed by atoms with van der Waals surface area (Å²) in [6.07, 6.45) is 41.6. The van der Waals surface area contributed by atoms with Crippen molar-refractivity contribution >= 4 is 18.4 Å². The Bertz CT molecular complexity index is 2700. The van der Waals surface area contributed by atoms with Gasteiger partial charge in [-0.15, -0.1) is 0 Å². The lowest BCUT2D eigenvalue weighted by Crippen LogP contribution is -2.59. The second-order valence-electron chi connectivity index (χ2n) is 49.9. The molecule has 0 bridgehead atoms. The number of piperidine rings is 7. The van der Waals surface area contributed by atoms with Crippen molar-refractivity contribution in [2.24, 2.45) is 29.6 Å². The largest absolute Gasteiger partial charge is 0.462 e. The molecule has 7 aliphatic rings. The molecule has 0 spiro atoms. The minimum atomic E-state index is -0.306.